The molecule has 2 aromatic heterocycles. The third-order valence-corrected chi connectivity index (χ3v) is 7.39. The summed E-state index contributed by atoms with van der Waals surface area (Å²) in [6.07, 6.45) is -4.20. The summed E-state index contributed by atoms with van der Waals surface area (Å²) in [4.78, 5) is 7.97. The van der Waals surface area contributed by atoms with Crippen LogP contribution in [0.15, 0.2) is 30.7 Å². The molecule has 1 aliphatic rings. The Morgan fingerprint density at radius 2 is 1.97 bits per heavy atom. The zero-order valence-corrected chi connectivity index (χ0v) is 21.9. The molecule has 0 radical (unpaired) electrons. The number of piperidine rings is 1. The second-order valence-electron chi connectivity index (χ2n) is 9.46. The summed E-state index contributed by atoms with van der Waals surface area (Å²) in [5.41, 5.74) is -1.94. The molecular weight excluding hydrogens is 598 g/mol. The minimum atomic E-state index is -4.61. The van der Waals surface area contributed by atoms with Gasteiger partial charge in [0, 0.05) is 29.9 Å². The Balaban J connectivity index is 1.59. The third kappa shape index (κ3) is 5.30. The lowest BCUT2D eigenvalue weighted by molar-refractivity contribution is -0.136. The number of nitrogens with one attached hydrogen (secondary N) is 1. The molecule has 0 spiro atoms. The zero-order valence-electron chi connectivity index (χ0n) is 19.8. The first-order chi connectivity index (χ1) is 16.8. The Morgan fingerprint density at radius 3 is 2.56 bits per heavy atom. The van der Waals surface area contributed by atoms with Crippen molar-refractivity contribution in [3.63, 3.8) is 0 Å². The highest BCUT2D eigenvalue weighted by atomic mass is 127. The molecule has 36 heavy (non-hydrogen) atoms. The number of rotatable bonds is 6. The summed E-state index contributed by atoms with van der Waals surface area (Å²) in [7, 11) is 0. The highest BCUT2D eigenvalue weighted by Gasteiger charge is 2.40. The van der Waals surface area contributed by atoms with E-state index < -0.39 is 29.8 Å². The molecule has 1 aliphatic heterocycles. The highest BCUT2D eigenvalue weighted by molar-refractivity contribution is 14.1. The van der Waals surface area contributed by atoms with E-state index >= 15 is 0 Å². The van der Waals surface area contributed by atoms with Crippen LogP contribution in [0, 0.1) is 3.57 Å². The van der Waals surface area contributed by atoms with Crippen LogP contribution in [0.5, 0.6) is 5.75 Å². The molecule has 12 heteroatoms. The van der Waals surface area contributed by atoms with Crippen molar-refractivity contribution in [3.05, 3.63) is 51.1 Å². The van der Waals surface area contributed by atoms with E-state index in [0.29, 0.717) is 15.6 Å². The Kier molecular flexibility index (Phi) is 7.50. The largest absolute Gasteiger partial charge is 0.491 e. The van der Waals surface area contributed by atoms with Gasteiger partial charge in [-0.15, -0.1) is 0 Å². The summed E-state index contributed by atoms with van der Waals surface area (Å²) in [6.45, 7) is 5.41. The molecule has 0 amide bonds. The van der Waals surface area contributed by atoms with Crippen LogP contribution in [-0.4, -0.2) is 38.3 Å². The number of benzene rings is 1. The molecular formula is C24H26F5IN4O2. The molecule has 1 aromatic carbocycles. The van der Waals surface area contributed by atoms with Crippen molar-refractivity contribution in [1.82, 2.24) is 19.9 Å². The maximum absolute atomic E-state index is 14.0. The number of nitrogens with zero attached hydrogens (tertiary/aromatic N) is 3. The number of halogens is 6. The minimum absolute atomic E-state index is 0.00721. The van der Waals surface area contributed by atoms with Crippen LogP contribution >= 0.6 is 22.6 Å². The molecule has 2 N–H and O–H groups in total. The molecule has 3 aromatic rings. The van der Waals surface area contributed by atoms with Crippen molar-refractivity contribution in [2.75, 3.05) is 6.61 Å². The van der Waals surface area contributed by atoms with E-state index in [4.69, 9.17) is 4.74 Å². The van der Waals surface area contributed by atoms with E-state index in [1.54, 1.807) is 13.8 Å². The van der Waals surface area contributed by atoms with Crippen LogP contribution in [0.1, 0.15) is 62.9 Å². The van der Waals surface area contributed by atoms with Gasteiger partial charge in [0.15, 0.2) is 0 Å². The number of aliphatic hydroxyl groups is 1. The predicted octanol–water partition coefficient (Wildman–Crippen LogP) is 5.98. The highest BCUT2D eigenvalue weighted by Crippen LogP contribution is 2.42. The van der Waals surface area contributed by atoms with Gasteiger partial charge in [-0.3, -0.25) is 4.98 Å². The lowest BCUT2D eigenvalue weighted by Crippen LogP contribution is -2.53. The van der Waals surface area contributed by atoms with Crippen LogP contribution in [0.2, 0.25) is 0 Å². The second kappa shape index (κ2) is 10.0. The van der Waals surface area contributed by atoms with E-state index in [-0.39, 0.29) is 47.6 Å². The van der Waals surface area contributed by atoms with Gasteiger partial charge in [-0.05, 0) is 68.3 Å². The average Bonchev–Trinajstić information content (AvgIpc) is 3.23. The van der Waals surface area contributed by atoms with Crippen molar-refractivity contribution >= 4 is 33.6 Å². The molecule has 0 aliphatic carbocycles. The number of imidazole rings is 1. The number of aromatic nitrogens is 3. The lowest BCUT2D eigenvalue weighted by Gasteiger charge is -2.41. The summed E-state index contributed by atoms with van der Waals surface area (Å²) in [5, 5.41) is 14.6. The zero-order chi connectivity index (χ0) is 26.4. The Hall–Kier alpha value is -2.06. The first kappa shape index (κ1) is 27.0. The fourth-order valence-electron chi connectivity index (χ4n) is 4.74. The van der Waals surface area contributed by atoms with Crippen molar-refractivity contribution in [2.24, 2.45) is 0 Å². The van der Waals surface area contributed by atoms with Gasteiger partial charge in [0.05, 0.1) is 26.6 Å². The summed E-state index contributed by atoms with van der Waals surface area (Å²) in [6, 6.07) is 2.82. The summed E-state index contributed by atoms with van der Waals surface area (Å²) >= 11 is 1.94. The molecule has 1 saturated heterocycles. The van der Waals surface area contributed by atoms with Gasteiger partial charge in [-0.2, -0.15) is 13.2 Å². The monoisotopic (exact) mass is 624 g/mol. The minimum Gasteiger partial charge on any atom is -0.491 e. The van der Waals surface area contributed by atoms with Crippen molar-refractivity contribution in [2.45, 2.75) is 69.9 Å². The van der Waals surface area contributed by atoms with Gasteiger partial charge >= 0.3 is 6.18 Å². The van der Waals surface area contributed by atoms with Crippen molar-refractivity contribution in [3.8, 4) is 5.75 Å². The average molecular weight is 624 g/mol. The summed E-state index contributed by atoms with van der Waals surface area (Å²) < 4.78 is 75.5. The molecule has 0 unspecified atom stereocenters. The van der Waals surface area contributed by atoms with E-state index in [0.717, 1.165) is 6.07 Å². The number of ether oxygens (including phenoxy) is 1. The van der Waals surface area contributed by atoms with Gasteiger partial charge in [0.2, 0.25) is 0 Å². The van der Waals surface area contributed by atoms with Crippen molar-refractivity contribution in [1.29, 1.82) is 0 Å². The van der Waals surface area contributed by atoms with Crippen LogP contribution in [0.3, 0.4) is 0 Å². The van der Waals surface area contributed by atoms with Crippen LogP contribution in [-0.2, 0) is 11.8 Å². The standard InChI is InChI=1S/C24H26F5IN4O2/c1-12(2)34-11-32-20-19(30)18(6-16(21(20)34)24(27,28)29)36-10-15-8-23(35,7-13(3)33-15)14-4-5-17(22(25)26)31-9-14/h4-6,9,11-13,15,22,33,35H,7-8,10H2,1-3H3/t13-,15-,23-/m0/s1. The quantitative estimate of drug-likeness (QED) is 0.261. The third-order valence-electron chi connectivity index (χ3n) is 6.35. The van der Waals surface area contributed by atoms with Crippen LogP contribution in [0.25, 0.3) is 11.0 Å². The van der Waals surface area contributed by atoms with Gasteiger partial charge in [-0.25, -0.2) is 13.8 Å². The van der Waals surface area contributed by atoms with E-state index in [9.17, 15) is 27.1 Å². The molecule has 3 heterocycles. The molecule has 3 atom stereocenters. The predicted molar refractivity (Wildman–Crippen MR) is 132 cm³/mol. The fraction of sp³-hybridized carbons (Fsp3) is 0.500. The number of hydrogen-bond acceptors (Lipinski definition) is 5. The molecule has 0 saturated carbocycles. The number of alkyl halides is 5. The van der Waals surface area contributed by atoms with Crippen LogP contribution in [0.4, 0.5) is 22.0 Å². The number of hydrogen-bond donors (Lipinski definition) is 2. The van der Waals surface area contributed by atoms with E-state index in [2.05, 4.69) is 15.3 Å². The SMILES string of the molecule is CC(C)n1cnc2c(I)c(OC[C@@H]3C[C@](O)(c4ccc(C(F)F)nc4)C[C@H](C)N3)cc(C(F)(F)F)c21. The molecule has 4 rings (SSSR count). The van der Waals surface area contributed by atoms with Gasteiger partial charge in [0.25, 0.3) is 6.43 Å². The summed E-state index contributed by atoms with van der Waals surface area (Å²) in [5.74, 6) is 0.0518. The molecule has 1 fully saturated rings. The maximum Gasteiger partial charge on any atom is 0.418 e. The van der Waals surface area contributed by atoms with E-state index in [1.165, 1.54) is 29.2 Å². The Labute approximate surface area is 218 Å². The molecule has 196 valence electrons. The lowest BCUT2D eigenvalue weighted by atomic mass is 9.79. The number of pyridine rings is 1. The van der Waals surface area contributed by atoms with Crippen LogP contribution < -0.4 is 10.1 Å². The van der Waals surface area contributed by atoms with Gasteiger partial charge in [-0.1, -0.05) is 6.07 Å². The molecule has 0 bridgehead atoms. The van der Waals surface area contributed by atoms with Gasteiger partial charge < -0.3 is 19.7 Å². The smallest absolute Gasteiger partial charge is 0.418 e. The number of fused-ring (bicyclic) bond motifs is 1. The maximum atomic E-state index is 14.0. The molecule has 6 nitrogen and oxygen atoms in total. The fourth-order valence-corrected chi connectivity index (χ4v) is 5.45. The van der Waals surface area contributed by atoms with Crippen molar-refractivity contribution < 1.29 is 31.8 Å². The first-order valence-electron chi connectivity index (χ1n) is 11.4. The van der Waals surface area contributed by atoms with Gasteiger partial charge in [0.1, 0.15) is 23.6 Å². The second-order valence-corrected chi connectivity index (χ2v) is 10.5. The Morgan fingerprint density at radius 1 is 1.25 bits per heavy atom. The first-order valence-corrected chi connectivity index (χ1v) is 12.5. The normalized spacial score (nSPS) is 23.1. The van der Waals surface area contributed by atoms with E-state index in [1.807, 2.05) is 29.5 Å². The topological polar surface area (TPSA) is 72.2 Å². The Bertz CT molecular complexity index is 1230.